The minimum absolute atomic E-state index is 0.296. The number of carboxylic acids is 1. The number of nitrogen functional groups attached to an aromatic ring is 1. The average Bonchev–Trinajstić information content (AvgIpc) is 2.39. The summed E-state index contributed by atoms with van der Waals surface area (Å²) in [7, 11) is 0. The number of thiophene rings is 1. The van der Waals surface area contributed by atoms with Crippen LogP contribution in [0.15, 0.2) is 0 Å². The second-order valence-corrected chi connectivity index (χ2v) is 4.67. The lowest BCUT2D eigenvalue weighted by Crippen LogP contribution is -2.32. The van der Waals surface area contributed by atoms with E-state index in [0.29, 0.717) is 23.2 Å². The van der Waals surface area contributed by atoms with Crippen molar-refractivity contribution in [1.29, 1.82) is 0 Å². The van der Waals surface area contributed by atoms with Crippen LogP contribution in [0, 0.1) is 0 Å². The number of rotatable bonds is 1. The van der Waals surface area contributed by atoms with E-state index in [1.54, 1.807) is 0 Å². The monoisotopic (exact) mass is 212 g/mol. The molecule has 5 heteroatoms. The van der Waals surface area contributed by atoms with Gasteiger partial charge in [-0.05, 0) is 18.9 Å². The van der Waals surface area contributed by atoms with E-state index in [9.17, 15) is 4.79 Å². The molecule has 4 nitrogen and oxygen atoms in total. The van der Waals surface area contributed by atoms with Crippen molar-refractivity contribution in [3.05, 3.63) is 16.0 Å². The predicted molar refractivity (Wildman–Crippen MR) is 55.7 cm³/mol. The van der Waals surface area contributed by atoms with Gasteiger partial charge in [0.15, 0.2) is 0 Å². The lowest BCUT2D eigenvalue weighted by atomic mass is 10.0. The molecule has 1 aliphatic rings. The minimum Gasteiger partial charge on any atom is -0.478 e. The molecule has 0 aliphatic carbocycles. The first-order valence-electron chi connectivity index (χ1n) is 4.46. The lowest BCUT2D eigenvalue weighted by Gasteiger charge is -2.20. The maximum Gasteiger partial charge on any atom is 0.339 e. The third-order valence-electron chi connectivity index (χ3n) is 2.45. The molecular formula is C9H12N2O2S. The van der Waals surface area contributed by atoms with Gasteiger partial charge in [0.25, 0.3) is 0 Å². The largest absolute Gasteiger partial charge is 0.478 e. The smallest absolute Gasteiger partial charge is 0.339 e. The standard InChI is InChI=1S/C9H12N2O2S/c1-4-2-6-5(3-11-4)7(9(12)13)8(10)14-6/h4,11H,2-3,10H2,1H3,(H,12,13). The highest BCUT2D eigenvalue weighted by atomic mass is 32.1. The summed E-state index contributed by atoms with van der Waals surface area (Å²) < 4.78 is 0. The second-order valence-electron chi connectivity index (χ2n) is 3.53. The fraction of sp³-hybridized carbons (Fsp3) is 0.444. The first kappa shape index (κ1) is 9.48. The summed E-state index contributed by atoms with van der Waals surface area (Å²) in [6.07, 6.45) is 0.872. The Balaban J connectivity index is 2.49. The molecule has 0 amide bonds. The zero-order valence-corrected chi connectivity index (χ0v) is 8.65. The highest BCUT2D eigenvalue weighted by molar-refractivity contribution is 7.16. The van der Waals surface area contributed by atoms with Crippen molar-refractivity contribution in [2.75, 3.05) is 5.73 Å². The minimum atomic E-state index is -0.920. The van der Waals surface area contributed by atoms with E-state index in [1.165, 1.54) is 11.3 Å². The van der Waals surface area contributed by atoms with Crippen LogP contribution in [0.1, 0.15) is 27.7 Å². The molecule has 0 saturated heterocycles. The zero-order valence-electron chi connectivity index (χ0n) is 7.83. The highest BCUT2D eigenvalue weighted by Crippen LogP contribution is 2.33. The van der Waals surface area contributed by atoms with Crippen molar-refractivity contribution < 1.29 is 9.90 Å². The van der Waals surface area contributed by atoms with Crippen molar-refractivity contribution in [3.8, 4) is 0 Å². The molecule has 1 aromatic heterocycles. The normalized spacial score (nSPS) is 20.5. The van der Waals surface area contributed by atoms with E-state index in [4.69, 9.17) is 10.8 Å². The number of hydrogen-bond donors (Lipinski definition) is 3. The molecule has 1 atom stereocenters. The van der Waals surface area contributed by atoms with E-state index >= 15 is 0 Å². The summed E-state index contributed by atoms with van der Waals surface area (Å²) in [5.74, 6) is -0.920. The number of carbonyl (C=O) groups is 1. The third-order valence-corrected chi connectivity index (χ3v) is 3.53. The number of aromatic carboxylic acids is 1. The van der Waals surface area contributed by atoms with Crippen LogP contribution >= 0.6 is 11.3 Å². The van der Waals surface area contributed by atoms with Gasteiger partial charge >= 0.3 is 5.97 Å². The molecule has 0 fully saturated rings. The first-order chi connectivity index (χ1) is 6.59. The van der Waals surface area contributed by atoms with Gasteiger partial charge in [-0.15, -0.1) is 11.3 Å². The van der Waals surface area contributed by atoms with Crippen LogP contribution in [0.2, 0.25) is 0 Å². The Kier molecular flexibility index (Phi) is 2.20. The molecule has 1 aromatic rings. The molecule has 1 unspecified atom stereocenters. The summed E-state index contributed by atoms with van der Waals surface area (Å²) in [6, 6.07) is 0.405. The van der Waals surface area contributed by atoms with Gasteiger partial charge in [-0.25, -0.2) is 4.79 Å². The van der Waals surface area contributed by atoms with Crippen LogP contribution in [-0.2, 0) is 13.0 Å². The molecule has 0 radical (unpaired) electrons. The maximum absolute atomic E-state index is 10.9. The topological polar surface area (TPSA) is 75.4 Å². The van der Waals surface area contributed by atoms with Gasteiger partial charge in [0, 0.05) is 17.5 Å². The molecule has 76 valence electrons. The molecule has 1 aliphatic heterocycles. The van der Waals surface area contributed by atoms with Crippen LogP contribution in [-0.4, -0.2) is 17.1 Å². The van der Waals surface area contributed by atoms with Crippen molar-refractivity contribution in [1.82, 2.24) is 5.32 Å². The maximum atomic E-state index is 10.9. The van der Waals surface area contributed by atoms with Crippen LogP contribution in [0.4, 0.5) is 5.00 Å². The second kappa shape index (κ2) is 3.25. The SMILES string of the molecule is CC1Cc2sc(N)c(C(=O)O)c2CN1. The van der Waals surface area contributed by atoms with Crippen molar-refractivity contribution >= 4 is 22.3 Å². The average molecular weight is 212 g/mol. The van der Waals surface area contributed by atoms with E-state index in [-0.39, 0.29) is 0 Å². The molecule has 2 rings (SSSR count). The Morgan fingerprint density at radius 1 is 1.71 bits per heavy atom. The molecule has 0 saturated carbocycles. The van der Waals surface area contributed by atoms with E-state index < -0.39 is 5.97 Å². The van der Waals surface area contributed by atoms with Gasteiger partial charge in [-0.3, -0.25) is 0 Å². The van der Waals surface area contributed by atoms with Crippen LogP contribution in [0.5, 0.6) is 0 Å². The van der Waals surface area contributed by atoms with Crippen LogP contribution in [0.3, 0.4) is 0 Å². The summed E-state index contributed by atoms with van der Waals surface area (Å²) in [5, 5.41) is 12.6. The fourth-order valence-electron chi connectivity index (χ4n) is 1.75. The molecule has 14 heavy (non-hydrogen) atoms. The highest BCUT2D eigenvalue weighted by Gasteiger charge is 2.25. The number of fused-ring (bicyclic) bond motifs is 1. The van der Waals surface area contributed by atoms with Crippen molar-refractivity contribution in [2.45, 2.75) is 25.9 Å². The van der Waals surface area contributed by atoms with Gasteiger partial charge in [0.2, 0.25) is 0 Å². The van der Waals surface area contributed by atoms with Crippen LogP contribution < -0.4 is 11.1 Å². The quantitative estimate of drug-likeness (QED) is 0.650. The summed E-state index contributed by atoms with van der Waals surface area (Å²) in [6.45, 7) is 2.70. The number of hydrogen-bond acceptors (Lipinski definition) is 4. The Morgan fingerprint density at radius 2 is 2.43 bits per heavy atom. The lowest BCUT2D eigenvalue weighted by molar-refractivity contribution is 0.0697. The van der Waals surface area contributed by atoms with Gasteiger partial charge in [0.05, 0.1) is 5.56 Å². The summed E-state index contributed by atoms with van der Waals surface area (Å²) >= 11 is 1.41. The predicted octanol–water partition coefficient (Wildman–Crippen LogP) is 1.06. The summed E-state index contributed by atoms with van der Waals surface area (Å²) in [5.41, 5.74) is 6.85. The Labute approximate surface area is 85.7 Å². The van der Waals surface area contributed by atoms with E-state index in [0.717, 1.165) is 16.9 Å². The van der Waals surface area contributed by atoms with Gasteiger partial charge < -0.3 is 16.2 Å². The molecule has 4 N–H and O–H groups in total. The molecule has 0 bridgehead atoms. The van der Waals surface area contributed by atoms with Crippen LogP contribution in [0.25, 0.3) is 0 Å². The molecule has 0 spiro atoms. The fourth-order valence-corrected chi connectivity index (χ4v) is 2.96. The Bertz CT molecular complexity index is 386. The van der Waals surface area contributed by atoms with Gasteiger partial charge in [-0.2, -0.15) is 0 Å². The van der Waals surface area contributed by atoms with Crippen molar-refractivity contribution in [3.63, 3.8) is 0 Å². The number of nitrogens with two attached hydrogens (primary N) is 1. The number of anilines is 1. The van der Waals surface area contributed by atoms with Gasteiger partial charge in [-0.1, -0.05) is 0 Å². The molecular weight excluding hydrogens is 200 g/mol. The van der Waals surface area contributed by atoms with E-state index in [1.807, 2.05) is 0 Å². The van der Waals surface area contributed by atoms with Gasteiger partial charge in [0.1, 0.15) is 5.00 Å². The Morgan fingerprint density at radius 3 is 3.07 bits per heavy atom. The first-order valence-corrected chi connectivity index (χ1v) is 5.28. The number of carboxylic acid groups (broad SMARTS) is 1. The summed E-state index contributed by atoms with van der Waals surface area (Å²) in [4.78, 5) is 12.1. The number of nitrogens with one attached hydrogen (secondary N) is 1. The van der Waals surface area contributed by atoms with Crippen molar-refractivity contribution in [2.24, 2.45) is 0 Å². The molecule has 0 aromatic carbocycles. The molecule has 2 heterocycles. The third kappa shape index (κ3) is 1.38. The Hall–Kier alpha value is -1.07. The van der Waals surface area contributed by atoms with E-state index in [2.05, 4.69) is 12.2 Å². The zero-order chi connectivity index (χ0) is 10.3.